The van der Waals surface area contributed by atoms with Crippen molar-refractivity contribution in [3.63, 3.8) is 0 Å². The molecule has 0 saturated carbocycles. The molecule has 0 aliphatic heterocycles. The van der Waals surface area contributed by atoms with Gasteiger partial charge in [0.2, 0.25) is 0 Å². The maximum absolute atomic E-state index is 11.9. The Morgan fingerprint density at radius 1 is 0.917 bits per heavy atom. The Balaban J connectivity index is 1.81. The lowest BCUT2D eigenvalue weighted by atomic mass is 10.2. The summed E-state index contributed by atoms with van der Waals surface area (Å²) in [4.78, 5) is 11.1. The number of ether oxygens (including phenoxy) is 3. The van der Waals surface area contributed by atoms with E-state index >= 15 is 0 Å². The summed E-state index contributed by atoms with van der Waals surface area (Å²) in [7, 11) is 0. The van der Waals surface area contributed by atoms with Crippen LogP contribution in [0.3, 0.4) is 0 Å². The smallest absolute Gasteiger partial charge is 0.422 e. The Labute approximate surface area is 136 Å². The minimum atomic E-state index is -4.55. The van der Waals surface area contributed by atoms with Crippen LogP contribution in [0.15, 0.2) is 48.5 Å². The van der Waals surface area contributed by atoms with Crippen molar-refractivity contribution in [2.75, 3.05) is 13.2 Å². The zero-order chi connectivity index (χ0) is 17.6. The molecule has 0 aliphatic carbocycles. The lowest BCUT2D eigenvalue weighted by Gasteiger charge is -2.10. The Morgan fingerprint density at radius 2 is 1.42 bits per heavy atom. The molecule has 0 amide bonds. The van der Waals surface area contributed by atoms with Gasteiger partial charge in [0.05, 0.1) is 0 Å². The third-order valence-corrected chi connectivity index (χ3v) is 2.83. The lowest BCUT2D eigenvalue weighted by Crippen LogP contribution is -2.23. The first-order valence-corrected chi connectivity index (χ1v) is 7.01. The summed E-state index contributed by atoms with van der Waals surface area (Å²) >= 11 is 0. The fourth-order valence-corrected chi connectivity index (χ4v) is 1.69. The molecule has 128 valence electrons. The molecular weight excluding hydrogens is 325 g/mol. The van der Waals surface area contributed by atoms with Gasteiger partial charge in [-0.1, -0.05) is 17.7 Å². The molecule has 0 aliphatic rings. The second-order valence-electron chi connectivity index (χ2n) is 4.95. The number of carbonyl (C=O) groups is 1. The molecule has 0 aromatic heterocycles. The highest BCUT2D eigenvalue weighted by Crippen LogP contribution is 2.24. The number of aryl methyl sites for hydroxylation is 1. The van der Waals surface area contributed by atoms with Gasteiger partial charge in [0.25, 0.3) is 0 Å². The second kappa shape index (κ2) is 7.72. The van der Waals surface area contributed by atoms with Crippen LogP contribution in [0.1, 0.15) is 5.56 Å². The van der Waals surface area contributed by atoms with Crippen molar-refractivity contribution in [3.8, 4) is 17.2 Å². The molecule has 0 N–H and O–H groups in total. The predicted octanol–water partition coefficient (Wildman–Crippen LogP) is 4.27. The highest BCUT2D eigenvalue weighted by atomic mass is 19.4. The minimum Gasteiger partial charge on any atom is -0.482 e. The topological polar surface area (TPSA) is 44.8 Å². The van der Waals surface area contributed by atoms with Gasteiger partial charge in [-0.3, -0.25) is 0 Å². The Hall–Kier alpha value is -2.70. The molecule has 2 aromatic carbocycles. The first kappa shape index (κ1) is 17.7. The average Bonchev–Trinajstić information content (AvgIpc) is 2.54. The van der Waals surface area contributed by atoms with Crippen LogP contribution in [0.5, 0.6) is 17.2 Å². The molecule has 0 saturated heterocycles. The van der Waals surface area contributed by atoms with E-state index in [-0.39, 0.29) is 0 Å². The van der Waals surface area contributed by atoms with Crippen molar-refractivity contribution in [1.82, 2.24) is 0 Å². The van der Waals surface area contributed by atoms with E-state index in [1.165, 1.54) is 0 Å². The number of hydrogen-bond acceptors (Lipinski definition) is 4. The van der Waals surface area contributed by atoms with Crippen molar-refractivity contribution in [3.05, 3.63) is 54.1 Å². The third-order valence-electron chi connectivity index (χ3n) is 2.83. The summed E-state index contributed by atoms with van der Waals surface area (Å²) < 4.78 is 50.4. The van der Waals surface area contributed by atoms with Gasteiger partial charge in [-0.25, -0.2) is 4.79 Å². The molecule has 2 aromatic rings. The quantitative estimate of drug-likeness (QED) is 0.737. The summed E-state index contributed by atoms with van der Waals surface area (Å²) in [5.74, 6) is 0.457. The molecule has 0 bridgehead atoms. The van der Waals surface area contributed by atoms with Crippen molar-refractivity contribution in [2.24, 2.45) is 0 Å². The third kappa shape index (κ3) is 6.20. The van der Waals surface area contributed by atoms with E-state index in [9.17, 15) is 18.0 Å². The van der Waals surface area contributed by atoms with Crippen LogP contribution in [-0.2, 0) is 9.53 Å². The van der Waals surface area contributed by atoms with Gasteiger partial charge in [-0.2, -0.15) is 13.2 Å². The molecule has 0 fully saturated rings. The van der Waals surface area contributed by atoms with Crippen molar-refractivity contribution in [2.45, 2.75) is 13.1 Å². The van der Waals surface area contributed by atoms with E-state index in [1.807, 2.05) is 31.2 Å². The SMILES string of the molecule is Cc1ccc(Oc2ccc(OCC(=O)OCC(F)(F)F)cc2)cc1. The maximum atomic E-state index is 11.9. The second-order valence-corrected chi connectivity index (χ2v) is 4.95. The normalized spacial score (nSPS) is 11.0. The molecule has 2 rings (SSSR count). The number of alkyl halides is 3. The van der Waals surface area contributed by atoms with Crippen molar-refractivity contribution < 1.29 is 32.2 Å². The van der Waals surface area contributed by atoms with E-state index in [0.717, 1.165) is 5.56 Å². The maximum Gasteiger partial charge on any atom is 0.422 e. The van der Waals surface area contributed by atoms with Crippen LogP contribution in [0.25, 0.3) is 0 Å². The Kier molecular flexibility index (Phi) is 5.68. The Morgan fingerprint density at radius 3 is 1.96 bits per heavy atom. The van der Waals surface area contributed by atoms with E-state index < -0.39 is 25.4 Å². The largest absolute Gasteiger partial charge is 0.482 e. The first-order chi connectivity index (χ1) is 11.3. The highest BCUT2D eigenvalue weighted by molar-refractivity contribution is 5.71. The number of hydrogen-bond donors (Lipinski definition) is 0. The van der Waals surface area contributed by atoms with E-state index in [1.54, 1.807) is 24.3 Å². The van der Waals surface area contributed by atoms with Gasteiger partial charge in [0, 0.05) is 0 Å². The van der Waals surface area contributed by atoms with Gasteiger partial charge >= 0.3 is 12.1 Å². The molecule has 4 nitrogen and oxygen atoms in total. The molecule has 0 atom stereocenters. The molecule has 24 heavy (non-hydrogen) atoms. The number of rotatable bonds is 6. The average molecular weight is 340 g/mol. The standard InChI is InChI=1S/C17H15F3O4/c1-12-2-4-14(5-3-12)24-15-8-6-13(7-9-15)22-10-16(21)23-11-17(18,19)20/h2-9H,10-11H2,1H3. The van der Waals surface area contributed by atoms with E-state index in [2.05, 4.69) is 4.74 Å². The zero-order valence-electron chi connectivity index (χ0n) is 12.8. The fourth-order valence-electron chi connectivity index (χ4n) is 1.69. The number of esters is 1. The summed E-state index contributed by atoms with van der Waals surface area (Å²) in [6.45, 7) is -0.262. The Bertz CT molecular complexity index is 664. The van der Waals surface area contributed by atoms with Crippen LogP contribution in [0, 0.1) is 6.92 Å². The monoisotopic (exact) mass is 340 g/mol. The summed E-state index contributed by atoms with van der Waals surface area (Å²) in [6.07, 6.45) is -4.55. The fraction of sp³-hybridized carbons (Fsp3) is 0.235. The molecule has 0 unspecified atom stereocenters. The van der Waals surface area contributed by atoms with Gasteiger partial charge in [0.15, 0.2) is 13.2 Å². The first-order valence-electron chi connectivity index (χ1n) is 7.01. The van der Waals surface area contributed by atoms with E-state index in [4.69, 9.17) is 9.47 Å². The molecular formula is C17H15F3O4. The number of carbonyl (C=O) groups excluding carboxylic acids is 1. The van der Waals surface area contributed by atoms with Crippen LogP contribution in [0.2, 0.25) is 0 Å². The molecule has 0 heterocycles. The van der Waals surface area contributed by atoms with Gasteiger partial charge in [0.1, 0.15) is 17.2 Å². The summed E-state index contributed by atoms with van der Waals surface area (Å²) in [6, 6.07) is 13.8. The summed E-state index contributed by atoms with van der Waals surface area (Å²) in [5.41, 5.74) is 1.11. The van der Waals surface area contributed by atoms with Crippen LogP contribution in [-0.4, -0.2) is 25.4 Å². The molecule has 0 radical (unpaired) electrons. The lowest BCUT2D eigenvalue weighted by molar-refractivity contribution is -0.187. The van der Waals surface area contributed by atoms with Crippen molar-refractivity contribution in [1.29, 1.82) is 0 Å². The number of benzene rings is 2. The number of halogens is 3. The van der Waals surface area contributed by atoms with Crippen LogP contribution < -0.4 is 9.47 Å². The van der Waals surface area contributed by atoms with Gasteiger partial charge in [-0.05, 0) is 43.3 Å². The van der Waals surface area contributed by atoms with Crippen LogP contribution >= 0.6 is 0 Å². The minimum absolute atomic E-state index is 0.315. The predicted molar refractivity (Wildman–Crippen MR) is 80.2 cm³/mol. The molecule has 0 spiro atoms. The molecule has 7 heteroatoms. The van der Waals surface area contributed by atoms with Crippen molar-refractivity contribution >= 4 is 5.97 Å². The summed E-state index contributed by atoms with van der Waals surface area (Å²) in [5, 5.41) is 0. The van der Waals surface area contributed by atoms with E-state index in [0.29, 0.717) is 17.2 Å². The van der Waals surface area contributed by atoms with Crippen LogP contribution in [0.4, 0.5) is 13.2 Å². The van der Waals surface area contributed by atoms with Gasteiger partial charge in [-0.15, -0.1) is 0 Å². The zero-order valence-corrected chi connectivity index (χ0v) is 12.8. The van der Waals surface area contributed by atoms with Gasteiger partial charge < -0.3 is 14.2 Å². The highest BCUT2D eigenvalue weighted by Gasteiger charge is 2.29.